The molecule has 0 spiro atoms. The Morgan fingerprint density at radius 3 is 2.63 bits per heavy atom. The number of ether oxygens (including phenoxy) is 2. The molecule has 0 unspecified atom stereocenters. The van der Waals surface area contributed by atoms with E-state index in [0.29, 0.717) is 0 Å². The lowest BCUT2D eigenvalue weighted by atomic mass is 10.2. The molecule has 0 fully saturated rings. The molecular weight excluding hydrogens is 246 g/mol. The Kier molecular flexibility index (Phi) is 5.85. The van der Waals surface area contributed by atoms with Crippen molar-refractivity contribution in [2.45, 2.75) is 26.3 Å². The van der Waals surface area contributed by atoms with Crippen LogP contribution < -0.4 is 10.1 Å². The molecule has 5 heteroatoms. The van der Waals surface area contributed by atoms with Gasteiger partial charge < -0.3 is 14.8 Å². The molecular formula is C14H19NO4. The number of para-hydroxylation sites is 1. The van der Waals surface area contributed by atoms with Crippen LogP contribution in [0.25, 0.3) is 0 Å². The normalized spacial score (nSPS) is 11.5. The zero-order valence-corrected chi connectivity index (χ0v) is 11.4. The van der Waals surface area contributed by atoms with Crippen molar-refractivity contribution in [3.05, 3.63) is 29.8 Å². The van der Waals surface area contributed by atoms with Crippen molar-refractivity contribution in [1.82, 2.24) is 5.32 Å². The maximum atomic E-state index is 11.6. The van der Waals surface area contributed by atoms with E-state index in [1.54, 1.807) is 6.92 Å². The smallest absolute Gasteiger partial charge is 0.328 e. The number of hydrogen-bond acceptors (Lipinski definition) is 4. The number of rotatable bonds is 6. The van der Waals surface area contributed by atoms with Crippen molar-refractivity contribution in [2.24, 2.45) is 0 Å². The van der Waals surface area contributed by atoms with E-state index in [4.69, 9.17) is 4.74 Å². The predicted molar refractivity (Wildman–Crippen MR) is 70.9 cm³/mol. The van der Waals surface area contributed by atoms with Gasteiger partial charge in [-0.05, 0) is 25.5 Å². The van der Waals surface area contributed by atoms with E-state index in [1.165, 1.54) is 7.11 Å². The highest BCUT2D eigenvalue weighted by atomic mass is 16.5. The zero-order valence-electron chi connectivity index (χ0n) is 11.4. The molecule has 1 rings (SSSR count). The fourth-order valence-corrected chi connectivity index (χ4v) is 1.52. The third kappa shape index (κ3) is 4.99. The summed E-state index contributed by atoms with van der Waals surface area (Å²) in [6.07, 6.45) is 0.190. The number of nitrogens with one attached hydrogen (secondary N) is 1. The highest BCUT2D eigenvalue weighted by Gasteiger charge is 2.15. The molecule has 0 saturated heterocycles. The Balaban J connectivity index is 2.32. The first kappa shape index (κ1) is 15.0. The Hall–Kier alpha value is -2.04. The first-order valence-electron chi connectivity index (χ1n) is 6.10. The Labute approximate surface area is 112 Å². The molecule has 0 aliphatic carbocycles. The number of benzene rings is 1. The average molecular weight is 265 g/mol. The highest BCUT2D eigenvalue weighted by molar-refractivity contribution is 5.84. The van der Waals surface area contributed by atoms with Gasteiger partial charge in [0.25, 0.3) is 0 Å². The van der Waals surface area contributed by atoms with Gasteiger partial charge in [-0.3, -0.25) is 4.79 Å². The molecule has 0 aliphatic rings. The molecule has 1 atom stereocenters. The lowest BCUT2D eigenvalue weighted by Gasteiger charge is -2.12. The van der Waals surface area contributed by atoms with Crippen molar-refractivity contribution in [1.29, 1.82) is 0 Å². The van der Waals surface area contributed by atoms with Crippen LogP contribution >= 0.6 is 0 Å². The van der Waals surface area contributed by atoms with Gasteiger partial charge in [0.1, 0.15) is 11.8 Å². The van der Waals surface area contributed by atoms with E-state index in [2.05, 4.69) is 10.1 Å². The molecule has 104 valence electrons. The number of carbonyl (C=O) groups is 2. The van der Waals surface area contributed by atoms with Gasteiger partial charge in [0.2, 0.25) is 5.91 Å². The van der Waals surface area contributed by atoms with Gasteiger partial charge in [-0.25, -0.2) is 4.79 Å². The first-order chi connectivity index (χ1) is 9.04. The molecule has 1 N–H and O–H groups in total. The maximum absolute atomic E-state index is 11.6. The lowest BCUT2D eigenvalue weighted by molar-refractivity contribution is -0.144. The SMILES string of the molecule is COC(=O)[C@H](C)NC(=O)CCOc1ccccc1C. The summed E-state index contributed by atoms with van der Waals surface area (Å²) in [7, 11) is 1.28. The molecule has 1 aromatic rings. The summed E-state index contributed by atoms with van der Waals surface area (Å²) in [4.78, 5) is 22.7. The van der Waals surface area contributed by atoms with Crippen LogP contribution in [0.4, 0.5) is 0 Å². The van der Waals surface area contributed by atoms with Crippen LogP contribution in [0, 0.1) is 6.92 Å². The number of esters is 1. The quantitative estimate of drug-likeness (QED) is 0.790. The van der Waals surface area contributed by atoms with Crippen LogP contribution in [0.1, 0.15) is 18.9 Å². The molecule has 5 nitrogen and oxygen atoms in total. The van der Waals surface area contributed by atoms with E-state index in [-0.39, 0.29) is 18.9 Å². The van der Waals surface area contributed by atoms with Gasteiger partial charge in [-0.1, -0.05) is 18.2 Å². The lowest BCUT2D eigenvalue weighted by Crippen LogP contribution is -2.39. The van der Waals surface area contributed by atoms with E-state index in [9.17, 15) is 9.59 Å². The Morgan fingerprint density at radius 2 is 2.00 bits per heavy atom. The number of aryl methyl sites for hydroxylation is 1. The van der Waals surface area contributed by atoms with Crippen LogP contribution in [0.5, 0.6) is 5.75 Å². The van der Waals surface area contributed by atoms with E-state index in [1.807, 2.05) is 31.2 Å². The van der Waals surface area contributed by atoms with Gasteiger partial charge in [-0.2, -0.15) is 0 Å². The third-order valence-electron chi connectivity index (χ3n) is 2.61. The summed E-state index contributed by atoms with van der Waals surface area (Å²) in [5.41, 5.74) is 1.02. The summed E-state index contributed by atoms with van der Waals surface area (Å²) in [6.45, 7) is 3.78. The minimum Gasteiger partial charge on any atom is -0.493 e. The fraction of sp³-hybridized carbons (Fsp3) is 0.429. The number of amides is 1. The van der Waals surface area contributed by atoms with Gasteiger partial charge >= 0.3 is 5.97 Å². The summed E-state index contributed by atoms with van der Waals surface area (Å²) in [5, 5.41) is 2.54. The molecule has 19 heavy (non-hydrogen) atoms. The topological polar surface area (TPSA) is 64.6 Å². The number of hydrogen-bond donors (Lipinski definition) is 1. The zero-order chi connectivity index (χ0) is 14.3. The van der Waals surface area contributed by atoms with E-state index >= 15 is 0 Å². The van der Waals surface area contributed by atoms with Crippen LogP contribution in [0.2, 0.25) is 0 Å². The van der Waals surface area contributed by atoms with Crippen molar-refractivity contribution in [2.75, 3.05) is 13.7 Å². The summed E-state index contributed by atoms with van der Waals surface area (Å²) in [5.74, 6) is 0.0518. The average Bonchev–Trinajstić information content (AvgIpc) is 2.40. The van der Waals surface area contributed by atoms with E-state index in [0.717, 1.165) is 11.3 Å². The summed E-state index contributed by atoms with van der Waals surface area (Å²) >= 11 is 0. The predicted octanol–water partition coefficient (Wildman–Crippen LogP) is 1.44. The first-order valence-corrected chi connectivity index (χ1v) is 6.10. The fourth-order valence-electron chi connectivity index (χ4n) is 1.52. The molecule has 1 aromatic carbocycles. The minimum absolute atomic E-state index is 0.190. The molecule has 0 saturated carbocycles. The van der Waals surface area contributed by atoms with Crippen molar-refractivity contribution in [3.8, 4) is 5.75 Å². The highest BCUT2D eigenvalue weighted by Crippen LogP contribution is 2.16. The second kappa shape index (κ2) is 7.41. The standard InChI is InChI=1S/C14H19NO4/c1-10-6-4-5-7-12(10)19-9-8-13(16)15-11(2)14(17)18-3/h4-7,11H,8-9H2,1-3H3,(H,15,16)/t11-/m0/s1. The molecule has 1 amide bonds. The van der Waals surface area contributed by atoms with E-state index < -0.39 is 12.0 Å². The van der Waals surface area contributed by atoms with Crippen molar-refractivity contribution >= 4 is 11.9 Å². The Bertz CT molecular complexity index is 445. The minimum atomic E-state index is -0.643. The summed E-state index contributed by atoms with van der Waals surface area (Å²) < 4.78 is 10.0. The van der Waals surface area contributed by atoms with Crippen LogP contribution in [0.15, 0.2) is 24.3 Å². The van der Waals surface area contributed by atoms with Crippen LogP contribution in [-0.2, 0) is 14.3 Å². The molecule has 0 heterocycles. The molecule has 0 aliphatic heterocycles. The largest absolute Gasteiger partial charge is 0.493 e. The third-order valence-corrected chi connectivity index (χ3v) is 2.61. The number of methoxy groups -OCH3 is 1. The van der Waals surface area contributed by atoms with Crippen LogP contribution in [0.3, 0.4) is 0 Å². The monoisotopic (exact) mass is 265 g/mol. The number of carbonyl (C=O) groups excluding carboxylic acids is 2. The molecule has 0 bridgehead atoms. The Morgan fingerprint density at radius 1 is 1.32 bits per heavy atom. The van der Waals surface area contributed by atoms with Gasteiger partial charge in [-0.15, -0.1) is 0 Å². The maximum Gasteiger partial charge on any atom is 0.328 e. The second-order valence-corrected chi connectivity index (χ2v) is 4.18. The second-order valence-electron chi connectivity index (χ2n) is 4.18. The summed E-state index contributed by atoms with van der Waals surface area (Å²) in [6, 6.07) is 6.95. The van der Waals surface area contributed by atoms with Gasteiger partial charge in [0.05, 0.1) is 20.1 Å². The van der Waals surface area contributed by atoms with Crippen molar-refractivity contribution < 1.29 is 19.1 Å². The molecule has 0 radical (unpaired) electrons. The van der Waals surface area contributed by atoms with Gasteiger partial charge in [0, 0.05) is 0 Å². The van der Waals surface area contributed by atoms with Crippen LogP contribution in [-0.4, -0.2) is 31.6 Å². The van der Waals surface area contributed by atoms with Gasteiger partial charge in [0.15, 0.2) is 0 Å². The van der Waals surface area contributed by atoms with Crippen molar-refractivity contribution in [3.63, 3.8) is 0 Å². The molecule has 0 aromatic heterocycles.